The molecule has 1 aliphatic carbocycles. The summed E-state index contributed by atoms with van der Waals surface area (Å²) in [5.41, 5.74) is 0. The van der Waals surface area contributed by atoms with Gasteiger partial charge < -0.3 is 15.0 Å². The van der Waals surface area contributed by atoms with E-state index in [1.54, 1.807) is 0 Å². The normalized spacial score (nSPS) is 28.1. The molecular formula is C12H21N2O2. The molecule has 16 heavy (non-hydrogen) atoms. The summed E-state index contributed by atoms with van der Waals surface area (Å²) in [4.78, 5) is 14.3. The summed E-state index contributed by atoms with van der Waals surface area (Å²) in [6.07, 6.45) is 4.44. The van der Waals surface area contributed by atoms with Crippen molar-refractivity contribution in [3.63, 3.8) is 0 Å². The van der Waals surface area contributed by atoms with E-state index in [4.69, 9.17) is 4.74 Å². The molecule has 1 radical (unpaired) electrons. The summed E-state index contributed by atoms with van der Waals surface area (Å²) >= 11 is 0. The molecule has 1 saturated carbocycles. The van der Waals surface area contributed by atoms with Gasteiger partial charge in [-0.05, 0) is 19.9 Å². The van der Waals surface area contributed by atoms with Crippen LogP contribution in [0.25, 0.3) is 0 Å². The van der Waals surface area contributed by atoms with Crippen LogP contribution in [0, 0.1) is 12.0 Å². The van der Waals surface area contributed by atoms with E-state index in [2.05, 4.69) is 5.32 Å². The SMILES string of the molecule is CN[C]1CCCCC1C(=O)N1CCOCC1. The molecule has 1 amide bonds. The second-order valence-corrected chi connectivity index (χ2v) is 4.51. The van der Waals surface area contributed by atoms with E-state index in [1.807, 2.05) is 11.9 Å². The Morgan fingerprint density at radius 1 is 1.38 bits per heavy atom. The number of hydrogen-bond donors (Lipinski definition) is 1. The Hall–Kier alpha value is -0.610. The Morgan fingerprint density at radius 3 is 2.81 bits per heavy atom. The Balaban J connectivity index is 1.95. The van der Waals surface area contributed by atoms with E-state index in [-0.39, 0.29) is 5.92 Å². The van der Waals surface area contributed by atoms with Crippen LogP contribution in [0.3, 0.4) is 0 Å². The number of morpholine rings is 1. The first kappa shape index (κ1) is 11.9. The molecule has 1 unspecified atom stereocenters. The molecule has 0 bridgehead atoms. The number of nitrogens with one attached hydrogen (secondary N) is 1. The van der Waals surface area contributed by atoms with Gasteiger partial charge in [0.15, 0.2) is 0 Å². The fraction of sp³-hybridized carbons (Fsp3) is 0.833. The summed E-state index contributed by atoms with van der Waals surface area (Å²) in [6.45, 7) is 2.89. The minimum atomic E-state index is 0.108. The first-order valence-electron chi connectivity index (χ1n) is 6.23. The van der Waals surface area contributed by atoms with Gasteiger partial charge >= 0.3 is 0 Å². The number of hydrogen-bond acceptors (Lipinski definition) is 3. The number of carbonyl (C=O) groups is 1. The predicted molar refractivity (Wildman–Crippen MR) is 61.7 cm³/mol. The van der Waals surface area contributed by atoms with Crippen molar-refractivity contribution in [2.24, 2.45) is 5.92 Å². The lowest BCUT2D eigenvalue weighted by atomic mass is 9.83. The van der Waals surface area contributed by atoms with Crippen LogP contribution in [0.15, 0.2) is 0 Å². The standard InChI is InChI=1S/C12H21N2O2/c1-13-11-5-3-2-4-10(11)12(15)14-6-8-16-9-7-14/h10,13H,2-9H2,1H3. The lowest BCUT2D eigenvalue weighted by Crippen LogP contribution is -2.47. The fourth-order valence-corrected chi connectivity index (χ4v) is 2.59. The van der Waals surface area contributed by atoms with E-state index < -0.39 is 0 Å². The quantitative estimate of drug-likeness (QED) is 0.755. The number of rotatable bonds is 2. The summed E-state index contributed by atoms with van der Waals surface area (Å²) in [5.74, 6) is 0.407. The highest BCUT2D eigenvalue weighted by molar-refractivity contribution is 5.81. The molecule has 91 valence electrons. The number of nitrogens with zero attached hydrogens (tertiary/aromatic N) is 1. The largest absolute Gasteiger partial charge is 0.378 e. The maximum Gasteiger partial charge on any atom is 0.227 e. The van der Waals surface area contributed by atoms with Crippen molar-refractivity contribution in [1.82, 2.24) is 10.2 Å². The van der Waals surface area contributed by atoms with Gasteiger partial charge in [0.1, 0.15) is 0 Å². The average Bonchev–Trinajstić information content (AvgIpc) is 2.39. The molecule has 2 rings (SSSR count). The molecule has 1 N–H and O–H groups in total. The molecule has 0 aromatic heterocycles. The van der Waals surface area contributed by atoms with E-state index in [1.165, 1.54) is 18.9 Å². The van der Waals surface area contributed by atoms with Gasteiger partial charge in [0, 0.05) is 19.1 Å². The van der Waals surface area contributed by atoms with Crippen molar-refractivity contribution in [3.05, 3.63) is 6.04 Å². The molecule has 4 nitrogen and oxygen atoms in total. The van der Waals surface area contributed by atoms with Crippen LogP contribution in [0.1, 0.15) is 25.7 Å². The zero-order valence-electron chi connectivity index (χ0n) is 10.00. The maximum absolute atomic E-state index is 12.3. The third kappa shape index (κ3) is 2.55. The molecule has 1 heterocycles. The van der Waals surface area contributed by atoms with Gasteiger partial charge in [-0.1, -0.05) is 12.8 Å². The molecule has 0 aromatic rings. The molecule has 1 saturated heterocycles. The minimum Gasteiger partial charge on any atom is -0.378 e. The van der Waals surface area contributed by atoms with Gasteiger partial charge in [-0.15, -0.1) is 0 Å². The summed E-state index contributed by atoms with van der Waals surface area (Å²) in [5, 5.41) is 3.21. The molecule has 4 heteroatoms. The summed E-state index contributed by atoms with van der Waals surface area (Å²) < 4.78 is 5.27. The molecular weight excluding hydrogens is 204 g/mol. The summed E-state index contributed by atoms with van der Waals surface area (Å²) in [6, 6.07) is 1.22. The third-order valence-electron chi connectivity index (χ3n) is 3.55. The van der Waals surface area contributed by atoms with Crippen LogP contribution in [-0.2, 0) is 9.53 Å². The zero-order valence-corrected chi connectivity index (χ0v) is 10.00. The van der Waals surface area contributed by atoms with Crippen LogP contribution >= 0.6 is 0 Å². The van der Waals surface area contributed by atoms with Crippen LogP contribution in [0.2, 0.25) is 0 Å². The predicted octanol–water partition coefficient (Wildman–Crippen LogP) is 0.787. The van der Waals surface area contributed by atoms with Gasteiger partial charge in [-0.25, -0.2) is 0 Å². The number of carbonyl (C=O) groups excluding carboxylic acids is 1. The Labute approximate surface area is 97.3 Å². The highest BCUT2D eigenvalue weighted by Crippen LogP contribution is 2.31. The van der Waals surface area contributed by atoms with Crippen LogP contribution in [-0.4, -0.2) is 44.2 Å². The van der Waals surface area contributed by atoms with Gasteiger partial charge in [0.05, 0.1) is 19.1 Å². The van der Waals surface area contributed by atoms with Crippen molar-refractivity contribution < 1.29 is 9.53 Å². The van der Waals surface area contributed by atoms with Crippen molar-refractivity contribution >= 4 is 5.91 Å². The lowest BCUT2D eigenvalue weighted by molar-refractivity contribution is -0.140. The first-order chi connectivity index (χ1) is 7.83. The molecule has 1 atom stereocenters. The summed E-state index contributed by atoms with van der Waals surface area (Å²) in [7, 11) is 1.93. The van der Waals surface area contributed by atoms with E-state index >= 15 is 0 Å². The van der Waals surface area contributed by atoms with E-state index in [0.717, 1.165) is 25.9 Å². The Kier molecular flexibility index (Phi) is 4.18. The molecule has 0 spiro atoms. The van der Waals surface area contributed by atoms with Gasteiger partial charge in [0.25, 0.3) is 0 Å². The maximum atomic E-state index is 12.3. The van der Waals surface area contributed by atoms with Crippen molar-refractivity contribution in [2.75, 3.05) is 33.4 Å². The highest BCUT2D eigenvalue weighted by atomic mass is 16.5. The molecule has 2 fully saturated rings. The molecule has 2 aliphatic rings. The smallest absolute Gasteiger partial charge is 0.227 e. The Morgan fingerprint density at radius 2 is 2.12 bits per heavy atom. The fourth-order valence-electron chi connectivity index (χ4n) is 2.59. The van der Waals surface area contributed by atoms with Crippen molar-refractivity contribution in [3.8, 4) is 0 Å². The zero-order chi connectivity index (χ0) is 11.4. The van der Waals surface area contributed by atoms with E-state index in [9.17, 15) is 4.79 Å². The highest BCUT2D eigenvalue weighted by Gasteiger charge is 2.33. The third-order valence-corrected chi connectivity index (χ3v) is 3.55. The lowest BCUT2D eigenvalue weighted by Gasteiger charge is -2.35. The Bertz CT molecular complexity index is 239. The first-order valence-corrected chi connectivity index (χ1v) is 6.23. The average molecular weight is 225 g/mol. The second kappa shape index (κ2) is 5.64. The van der Waals surface area contributed by atoms with Crippen LogP contribution < -0.4 is 5.32 Å². The van der Waals surface area contributed by atoms with Gasteiger partial charge in [-0.3, -0.25) is 4.79 Å². The van der Waals surface area contributed by atoms with Crippen molar-refractivity contribution in [2.45, 2.75) is 25.7 Å². The molecule has 0 aromatic carbocycles. The van der Waals surface area contributed by atoms with Crippen LogP contribution in [0.5, 0.6) is 0 Å². The number of amides is 1. The van der Waals surface area contributed by atoms with Crippen molar-refractivity contribution in [1.29, 1.82) is 0 Å². The monoisotopic (exact) mass is 225 g/mol. The number of ether oxygens (including phenoxy) is 1. The van der Waals surface area contributed by atoms with Gasteiger partial charge in [0.2, 0.25) is 5.91 Å². The topological polar surface area (TPSA) is 41.6 Å². The molecule has 1 aliphatic heterocycles. The van der Waals surface area contributed by atoms with Crippen LogP contribution in [0.4, 0.5) is 0 Å². The minimum absolute atomic E-state index is 0.108. The second-order valence-electron chi connectivity index (χ2n) is 4.51. The van der Waals surface area contributed by atoms with Gasteiger partial charge in [-0.2, -0.15) is 0 Å². The van der Waals surface area contributed by atoms with E-state index in [0.29, 0.717) is 19.1 Å².